The zero-order chi connectivity index (χ0) is 19.1. The molecule has 4 aromatic rings. The monoisotopic (exact) mass is 378 g/mol. The molecule has 0 bridgehead atoms. The van der Waals surface area contributed by atoms with Gasteiger partial charge in [0.05, 0.1) is 16.1 Å². The van der Waals surface area contributed by atoms with Gasteiger partial charge < -0.3 is 5.11 Å². The number of pyridine rings is 1. The standard InChI is InChI=1S/C21H18N2O3S/c1-21(24,17-11-13-22-14-12-17)20-15-16-7-5-6-10-19(16)23(20)27(25,26)18-8-3-2-4-9-18/h2-15,24H,1H3/t21-/m1/s1. The van der Waals surface area contributed by atoms with Crippen LogP contribution in [0.4, 0.5) is 0 Å². The molecule has 2 heterocycles. The van der Waals surface area contributed by atoms with E-state index in [9.17, 15) is 13.5 Å². The molecule has 2 aromatic carbocycles. The zero-order valence-corrected chi connectivity index (χ0v) is 15.5. The molecule has 0 aliphatic heterocycles. The molecule has 4 rings (SSSR count). The van der Waals surface area contributed by atoms with Crippen molar-refractivity contribution >= 4 is 20.9 Å². The highest BCUT2D eigenvalue weighted by Crippen LogP contribution is 2.35. The van der Waals surface area contributed by atoms with Gasteiger partial charge in [-0.15, -0.1) is 0 Å². The van der Waals surface area contributed by atoms with Crippen molar-refractivity contribution in [3.05, 3.63) is 96.4 Å². The fourth-order valence-corrected chi connectivity index (χ4v) is 4.88. The molecule has 1 N–H and O–H groups in total. The van der Waals surface area contributed by atoms with Crippen molar-refractivity contribution in [2.75, 3.05) is 0 Å². The van der Waals surface area contributed by atoms with E-state index in [0.29, 0.717) is 11.1 Å². The molecule has 0 radical (unpaired) electrons. The minimum Gasteiger partial charge on any atom is -0.379 e. The van der Waals surface area contributed by atoms with Crippen molar-refractivity contribution in [3.63, 3.8) is 0 Å². The van der Waals surface area contributed by atoms with Crippen molar-refractivity contribution in [3.8, 4) is 0 Å². The third-order valence-electron chi connectivity index (χ3n) is 4.69. The number of hydrogen-bond donors (Lipinski definition) is 1. The van der Waals surface area contributed by atoms with Crippen molar-refractivity contribution in [1.82, 2.24) is 8.96 Å². The van der Waals surface area contributed by atoms with E-state index in [1.165, 1.54) is 3.97 Å². The first-order chi connectivity index (χ1) is 12.9. The number of aliphatic hydroxyl groups is 1. The Morgan fingerprint density at radius 2 is 1.56 bits per heavy atom. The highest BCUT2D eigenvalue weighted by atomic mass is 32.2. The summed E-state index contributed by atoms with van der Waals surface area (Å²) in [6.07, 6.45) is 3.14. The Balaban J connectivity index is 2.05. The lowest BCUT2D eigenvalue weighted by Crippen LogP contribution is -2.29. The quantitative estimate of drug-likeness (QED) is 0.590. The maximum absolute atomic E-state index is 13.4. The van der Waals surface area contributed by atoms with Crippen LogP contribution in [0.5, 0.6) is 0 Å². The van der Waals surface area contributed by atoms with Gasteiger partial charge in [-0.05, 0) is 48.9 Å². The first-order valence-electron chi connectivity index (χ1n) is 8.47. The predicted octanol–water partition coefficient (Wildman–Crippen LogP) is 3.53. The highest BCUT2D eigenvalue weighted by Gasteiger charge is 2.34. The first-order valence-corrected chi connectivity index (χ1v) is 9.91. The second-order valence-electron chi connectivity index (χ2n) is 6.48. The molecular formula is C21H18N2O3S. The largest absolute Gasteiger partial charge is 0.379 e. The Kier molecular flexibility index (Phi) is 4.09. The second kappa shape index (κ2) is 6.33. The van der Waals surface area contributed by atoms with Crippen LogP contribution in [0.15, 0.2) is 90.1 Å². The lowest BCUT2D eigenvalue weighted by molar-refractivity contribution is 0.0968. The van der Waals surface area contributed by atoms with Crippen LogP contribution in [0, 0.1) is 0 Å². The van der Waals surface area contributed by atoms with E-state index in [-0.39, 0.29) is 10.6 Å². The third kappa shape index (κ3) is 2.83. The second-order valence-corrected chi connectivity index (χ2v) is 8.27. The molecule has 2 aromatic heterocycles. The summed E-state index contributed by atoms with van der Waals surface area (Å²) >= 11 is 0. The van der Waals surface area contributed by atoms with Gasteiger partial charge in [0.1, 0.15) is 5.60 Å². The number of rotatable bonds is 4. The van der Waals surface area contributed by atoms with Crippen LogP contribution in [-0.2, 0) is 15.6 Å². The summed E-state index contributed by atoms with van der Waals surface area (Å²) in [6.45, 7) is 1.59. The summed E-state index contributed by atoms with van der Waals surface area (Å²) in [5.41, 5.74) is -0.168. The molecule has 0 aliphatic rings. The summed E-state index contributed by atoms with van der Waals surface area (Å²) in [7, 11) is -3.90. The Bertz CT molecular complexity index is 1200. The topological polar surface area (TPSA) is 72.2 Å². The van der Waals surface area contributed by atoms with Crippen LogP contribution in [0.25, 0.3) is 10.9 Å². The molecule has 0 saturated heterocycles. The Morgan fingerprint density at radius 3 is 2.26 bits per heavy atom. The molecule has 5 nitrogen and oxygen atoms in total. The van der Waals surface area contributed by atoms with E-state index in [0.717, 1.165) is 5.39 Å². The van der Waals surface area contributed by atoms with Gasteiger partial charge in [-0.25, -0.2) is 12.4 Å². The summed E-state index contributed by atoms with van der Waals surface area (Å²) < 4.78 is 28.1. The normalized spacial score (nSPS) is 14.1. The fraction of sp³-hybridized carbons (Fsp3) is 0.0952. The minimum absolute atomic E-state index is 0.165. The van der Waals surface area contributed by atoms with E-state index >= 15 is 0 Å². The molecule has 6 heteroatoms. The van der Waals surface area contributed by atoms with Gasteiger partial charge in [-0.3, -0.25) is 4.98 Å². The van der Waals surface area contributed by atoms with Crippen molar-refractivity contribution < 1.29 is 13.5 Å². The van der Waals surface area contributed by atoms with E-state index in [1.807, 2.05) is 12.1 Å². The van der Waals surface area contributed by atoms with Gasteiger partial charge >= 0.3 is 0 Å². The number of aromatic nitrogens is 2. The highest BCUT2D eigenvalue weighted by molar-refractivity contribution is 7.90. The number of fused-ring (bicyclic) bond motifs is 1. The Hall–Kier alpha value is -2.96. The number of para-hydroxylation sites is 1. The van der Waals surface area contributed by atoms with Gasteiger partial charge in [0.2, 0.25) is 0 Å². The molecule has 0 saturated carbocycles. The fourth-order valence-electron chi connectivity index (χ4n) is 3.25. The molecule has 0 spiro atoms. The van der Waals surface area contributed by atoms with Gasteiger partial charge in [0.15, 0.2) is 0 Å². The van der Waals surface area contributed by atoms with Gasteiger partial charge in [0, 0.05) is 17.8 Å². The van der Waals surface area contributed by atoms with Gasteiger partial charge in [-0.1, -0.05) is 36.4 Å². The van der Waals surface area contributed by atoms with Gasteiger partial charge in [0.25, 0.3) is 10.0 Å². The molecule has 0 aliphatic carbocycles. The van der Waals surface area contributed by atoms with Crippen molar-refractivity contribution in [1.29, 1.82) is 0 Å². The molecule has 0 amide bonds. The maximum Gasteiger partial charge on any atom is 0.268 e. The van der Waals surface area contributed by atoms with E-state index in [4.69, 9.17) is 0 Å². The first kappa shape index (κ1) is 17.5. The number of hydrogen-bond acceptors (Lipinski definition) is 4. The van der Waals surface area contributed by atoms with E-state index < -0.39 is 15.6 Å². The zero-order valence-electron chi connectivity index (χ0n) is 14.6. The summed E-state index contributed by atoms with van der Waals surface area (Å²) in [6, 6.07) is 20.5. The smallest absolute Gasteiger partial charge is 0.268 e. The average molecular weight is 378 g/mol. The van der Waals surface area contributed by atoms with Crippen LogP contribution in [0.2, 0.25) is 0 Å². The minimum atomic E-state index is -3.90. The van der Waals surface area contributed by atoms with Crippen LogP contribution in [-0.4, -0.2) is 22.5 Å². The molecule has 0 fully saturated rings. The number of nitrogens with zero attached hydrogens (tertiary/aromatic N) is 2. The van der Waals surface area contributed by atoms with Crippen LogP contribution in [0.3, 0.4) is 0 Å². The molecule has 1 atom stereocenters. The van der Waals surface area contributed by atoms with Crippen LogP contribution < -0.4 is 0 Å². The van der Waals surface area contributed by atoms with Crippen molar-refractivity contribution in [2.24, 2.45) is 0 Å². The lowest BCUT2D eigenvalue weighted by atomic mass is 9.93. The Morgan fingerprint density at radius 1 is 0.926 bits per heavy atom. The van der Waals surface area contributed by atoms with E-state index in [2.05, 4.69) is 4.98 Å². The third-order valence-corrected chi connectivity index (χ3v) is 6.43. The van der Waals surface area contributed by atoms with Crippen LogP contribution in [0.1, 0.15) is 18.2 Å². The van der Waals surface area contributed by atoms with Crippen molar-refractivity contribution in [2.45, 2.75) is 17.4 Å². The number of benzene rings is 2. The SMILES string of the molecule is C[C@@](O)(c1ccncc1)c1cc2ccccc2n1S(=O)(=O)c1ccccc1. The average Bonchev–Trinajstić information content (AvgIpc) is 3.11. The molecule has 27 heavy (non-hydrogen) atoms. The van der Waals surface area contributed by atoms with Crippen LogP contribution >= 0.6 is 0 Å². The molecule has 136 valence electrons. The van der Waals surface area contributed by atoms with Gasteiger partial charge in [-0.2, -0.15) is 0 Å². The van der Waals surface area contributed by atoms with E-state index in [1.54, 1.807) is 80.0 Å². The predicted molar refractivity (Wildman–Crippen MR) is 104 cm³/mol. The lowest BCUT2D eigenvalue weighted by Gasteiger charge is -2.26. The summed E-state index contributed by atoms with van der Waals surface area (Å²) in [4.78, 5) is 4.14. The Labute approximate surface area is 157 Å². The maximum atomic E-state index is 13.4. The molecular weight excluding hydrogens is 360 g/mol. The summed E-state index contributed by atoms with van der Waals surface area (Å²) in [5, 5.41) is 12.1. The molecule has 0 unspecified atom stereocenters. The summed E-state index contributed by atoms with van der Waals surface area (Å²) in [5.74, 6) is 0.